The van der Waals surface area contributed by atoms with Crippen LogP contribution in [0.1, 0.15) is 19.3 Å². The van der Waals surface area contributed by atoms with Crippen LogP contribution in [0.3, 0.4) is 0 Å². The smallest absolute Gasteiger partial charge is 0.283 e. The van der Waals surface area contributed by atoms with Crippen molar-refractivity contribution in [3.8, 4) is 0 Å². The molecule has 24 heavy (non-hydrogen) atoms. The first kappa shape index (κ1) is 18.1. The predicted octanol–water partition coefficient (Wildman–Crippen LogP) is 2.75. The number of hydrogen-bond acceptors (Lipinski definition) is 5. The van der Waals surface area contributed by atoms with Crippen molar-refractivity contribution in [2.75, 3.05) is 0 Å². The number of benzene rings is 1. The van der Waals surface area contributed by atoms with Gasteiger partial charge < -0.3 is 0 Å². The van der Waals surface area contributed by atoms with Crippen LogP contribution in [-0.4, -0.2) is 26.3 Å². The monoisotopic (exact) mass is 381 g/mol. The molecule has 1 heterocycles. The van der Waals surface area contributed by atoms with Gasteiger partial charge in [-0.1, -0.05) is 12.1 Å². The first-order chi connectivity index (χ1) is 11.0. The SMILES string of the molecule is O=C(NS(=O)(=O)c1ccccc1F)c1ccc(C(=O)C(F)(F)F)s1. The lowest BCUT2D eigenvalue weighted by atomic mass is 10.3. The minimum Gasteiger partial charge on any atom is -0.283 e. The van der Waals surface area contributed by atoms with Gasteiger partial charge >= 0.3 is 6.18 Å². The van der Waals surface area contributed by atoms with Crippen molar-refractivity contribution in [1.29, 1.82) is 0 Å². The Morgan fingerprint density at radius 2 is 1.58 bits per heavy atom. The summed E-state index contributed by atoms with van der Waals surface area (Å²) in [6.07, 6.45) is -5.11. The molecule has 5 nitrogen and oxygen atoms in total. The molecule has 0 fully saturated rings. The molecule has 0 aliphatic carbocycles. The van der Waals surface area contributed by atoms with Crippen LogP contribution in [0, 0.1) is 5.82 Å². The summed E-state index contributed by atoms with van der Waals surface area (Å²) in [6, 6.07) is 5.88. The minimum atomic E-state index is -5.11. The molecule has 0 unspecified atom stereocenters. The topological polar surface area (TPSA) is 80.3 Å². The van der Waals surface area contributed by atoms with Crippen molar-refractivity contribution < 1.29 is 35.6 Å². The number of alkyl halides is 3. The molecule has 1 amide bonds. The third kappa shape index (κ3) is 3.79. The van der Waals surface area contributed by atoms with Gasteiger partial charge in [0.1, 0.15) is 10.7 Å². The van der Waals surface area contributed by atoms with Gasteiger partial charge in [0, 0.05) is 0 Å². The van der Waals surface area contributed by atoms with E-state index in [0.29, 0.717) is 0 Å². The highest BCUT2D eigenvalue weighted by Gasteiger charge is 2.40. The van der Waals surface area contributed by atoms with E-state index in [4.69, 9.17) is 0 Å². The molecular formula is C13H7F4NO4S2. The highest BCUT2D eigenvalue weighted by atomic mass is 32.2. The van der Waals surface area contributed by atoms with E-state index in [1.165, 1.54) is 16.9 Å². The van der Waals surface area contributed by atoms with E-state index in [1.54, 1.807) is 0 Å². The number of hydrogen-bond donors (Lipinski definition) is 1. The van der Waals surface area contributed by atoms with E-state index in [9.17, 15) is 35.6 Å². The van der Waals surface area contributed by atoms with Gasteiger partial charge in [-0.2, -0.15) is 13.2 Å². The second-order valence-electron chi connectivity index (χ2n) is 4.36. The van der Waals surface area contributed by atoms with Crippen molar-refractivity contribution in [1.82, 2.24) is 4.72 Å². The second-order valence-corrected chi connectivity index (χ2v) is 7.09. The van der Waals surface area contributed by atoms with E-state index in [-0.39, 0.29) is 11.3 Å². The predicted molar refractivity (Wildman–Crippen MR) is 75.8 cm³/mol. The Kier molecular flexibility index (Phi) is 4.76. The lowest BCUT2D eigenvalue weighted by Crippen LogP contribution is -2.30. The maximum absolute atomic E-state index is 13.5. The number of nitrogens with one attached hydrogen (secondary N) is 1. The van der Waals surface area contributed by atoms with Crippen molar-refractivity contribution in [3.05, 3.63) is 52.0 Å². The molecule has 0 aliphatic heterocycles. The Labute approximate surface area is 137 Å². The number of carbonyl (C=O) groups is 2. The zero-order chi connectivity index (χ0) is 18.1. The molecule has 1 N–H and O–H groups in total. The van der Waals surface area contributed by atoms with Crippen LogP contribution < -0.4 is 4.72 Å². The quantitative estimate of drug-likeness (QED) is 0.652. The fraction of sp³-hybridized carbons (Fsp3) is 0.0769. The molecular weight excluding hydrogens is 374 g/mol. The van der Waals surface area contributed by atoms with Crippen LogP contribution in [0.5, 0.6) is 0 Å². The van der Waals surface area contributed by atoms with Crippen LogP contribution in [0.4, 0.5) is 17.6 Å². The van der Waals surface area contributed by atoms with Crippen molar-refractivity contribution in [2.45, 2.75) is 11.1 Å². The summed E-state index contributed by atoms with van der Waals surface area (Å²) in [5.74, 6) is -4.52. The molecule has 1 aromatic heterocycles. The number of halogens is 4. The number of sulfonamides is 1. The number of carbonyl (C=O) groups excluding carboxylic acids is 2. The Morgan fingerprint density at radius 3 is 2.17 bits per heavy atom. The molecule has 0 bridgehead atoms. The number of amides is 1. The number of thiophene rings is 1. The molecule has 11 heteroatoms. The molecule has 0 spiro atoms. The van der Waals surface area contributed by atoms with Gasteiger partial charge in [0.2, 0.25) is 0 Å². The molecule has 0 atom stereocenters. The summed E-state index contributed by atoms with van der Waals surface area (Å²) in [4.78, 5) is 20.9. The molecule has 1 aromatic carbocycles. The van der Waals surface area contributed by atoms with Crippen LogP contribution in [0.2, 0.25) is 0 Å². The van der Waals surface area contributed by atoms with Crippen LogP contribution in [-0.2, 0) is 10.0 Å². The third-order valence-electron chi connectivity index (χ3n) is 2.66. The largest absolute Gasteiger partial charge is 0.455 e. The van der Waals surface area contributed by atoms with Crippen LogP contribution >= 0.6 is 11.3 Å². The molecule has 0 aliphatic rings. The molecule has 0 saturated heterocycles. The van der Waals surface area contributed by atoms with E-state index in [0.717, 1.165) is 24.3 Å². The van der Waals surface area contributed by atoms with Gasteiger partial charge in [-0.25, -0.2) is 17.5 Å². The number of Topliss-reactive ketones (excluding diaryl/α,β-unsaturated/α-hetero) is 1. The summed E-state index contributed by atoms with van der Waals surface area (Å²) >= 11 is 0.176. The van der Waals surface area contributed by atoms with Crippen molar-refractivity contribution in [3.63, 3.8) is 0 Å². The Hall–Kier alpha value is -2.27. The fourth-order valence-electron chi connectivity index (χ4n) is 1.61. The van der Waals surface area contributed by atoms with Gasteiger partial charge in [0.25, 0.3) is 21.7 Å². The Bertz CT molecular complexity index is 903. The van der Waals surface area contributed by atoms with E-state index >= 15 is 0 Å². The second kappa shape index (κ2) is 6.32. The average Bonchev–Trinajstić information content (AvgIpc) is 2.95. The van der Waals surface area contributed by atoms with Gasteiger partial charge in [-0.3, -0.25) is 9.59 Å². The van der Waals surface area contributed by atoms with E-state index < -0.39 is 48.4 Å². The van der Waals surface area contributed by atoms with Crippen molar-refractivity contribution >= 4 is 33.1 Å². The van der Waals surface area contributed by atoms with Crippen LogP contribution in [0.25, 0.3) is 0 Å². The summed E-state index contributed by atoms with van der Waals surface area (Å²) in [5.41, 5.74) is 0. The zero-order valence-corrected chi connectivity index (χ0v) is 13.1. The third-order valence-corrected chi connectivity index (χ3v) is 5.11. The molecule has 128 valence electrons. The lowest BCUT2D eigenvalue weighted by molar-refractivity contribution is -0.0882. The summed E-state index contributed by atoms with van der Waals surface area (Å²) in [5, 5.41) is 0. The van der Waals surface area contributed by atoms with E-state index in [2.05, 4.69) is 0 Å². The number of rotatable bonds is 4. The molecule has 0 radical (unpaired) electrons. The maximum Gasteiger partial charge on any atom is 0.455 e. The fourth-order valence-corrected chi connectivity index (χ4v) is 3.58. The maximum atomic E-state index is 13.5. The van der Waals surface area contributed by atoms with E-state index in [1.807, 2.05) is 0 Å². The summed E-state index contributed by atoms with van der Waals surface area (Å²) in [6.45, 7) is 0. The molecule has 0 saturated carbocycles. The van der Waals surface area contributed by atoms with Crippen molar-refractivity contribution in [2.24, 2.45) is 0 Å². The van der Waals surface area contributed by atoms with Gasteiger partial charge in [-0.15, -0.1) is 11.3 Å². The molecule has 2 aromatic rings. The minimum absolute atomic E-state index is 0.176. The normalized spacial score (nSPS) is 12.0. The molecule has 2 rings (SSSR count). The lowest BCUT2D eigenvalue weighted by Gasteiger charge is -2.06. The first-order valence-electron chi connectivity index (χ1n) is 6.05. The van der Waals surface area contributed by atoms with Gasteiger partial charge in [-0.05, 0) is 24.3 Å². The first-order valence-corrected chi connectivity index (χ1v) is 8.35. The Balaban J connectivity index is 2.24. The zero-order valence-electron chi connectivity index (χ0n) is 11.4. The highest BCUT2D eigenvalue weighted by Crippen LogP contribution is 2.26. The summed E-state index contributed by atoms with van der Waals surface area (Å²) in [7, 11) is -4.55. The summed E-state index contributed by atoms with van der Waals surface area (Å²) < 4.78 is 75.8. The highest BCUT2D eigenvalue weighted by molar-refractivity contribution is 7.90. The standard InChI is InChI=1S/C13H7F4NO4S2/c14-7-3-1-2-4-10(7)24(21,22)18-12(20)9-6-5-8(23-9)11(19)13(15,16)17/h1-6H,(H,18,20). The average molecular weight is 381 g/mol. The van der Waals surface area contributed by atoms with Gasteiger partial charge in [0.05, 0.1) is 9.75 Å². The van der Waals surface area contributed by atoms with Crippen LogP contribution in [0.15, 0.2) is 41.3 Å². The number of ketones is 1. The van der Waals surface area contributed by atoms with Gasteiger partial charge in [0.15, 0.2) is 0 Å². The Morgan fingerprint density at radius 1 is 1.00 bits per heavy atom.